The van der Waals surface area contributed by atoms with Crippen LogP contribution in [0.3, 0.4) is 0 Å². The fourth-order valence-electron chi connectivity index (χ4n) is 4.20. The summed E-state index contributed by atoms with van der Waals surface area (Å²) >= 11 is 0. The molecule has 11 heteroatoms. The zero-order valence-corrected chi connectivity index (χ0v) is 22.3. The summed E-state index contributed by atoms with van der Waals surface area (Å²) in [6.45, 7) is 6.31. The minimum absolute atomic E-state index is 0.0714. The van der Waals surface area contributed by atoms with E-state index in [0.29, 0.717) is 19.6 Å². The lowest BCUT2D eigenvalue weighted by atomic mass is 9.88. The predicted octanol–water partition coefficient (Wildman–Crippen LogP) is 4.04. The normalized spacial score (nSPS) is 15.6. The lowest BCUT2D eigenvalue weighted by molar-refractivity contribution is -0.213. The number of fused-ring (bicyclic) bond motifs is 1. The summed E-state index contributed by atoms with van der Waals surface area (Å²) in [4.78, 5) is 30.7. The van der Waals surface area contributed by atoms with Crippen molar-refractivity contribution in [1.82, 2.24) is 15.2 Å². The van der Waals surface area contributed by atoms with E-state index in [1.165, 1.54) is 5.56 Å². The van der Waals surface area contributed by atoms with Crippen molar-refractivity contribution in [2.24, 2.45) is 5.41 Å². The maximum Gasteiger partial charge on any atom is 0.394 e. The van der Waals surface area contributed by atoms with E-state index < -0.39 is 35.9 Å². The highest BCUT2D eigenvalue weighted by atomic mass is 19.4. The van der Waals surface area contributed by atoms with Crippen LogP contribution >= 0.6 is 0 Å². The number of unbranched alkanes of at least 4 members (excludes halogenated alkanes) is 1. The van der Waals surface area contributed by atoms with Crippen molar-refractivity contribution in [3.8, 4) is 0 Å². The summed E-state index contributed by atoms with van der Waals surface area (Å²) < 4.78 is 44.7. The Morgan fingerprint density at radius 3 is 2.62 bits per heavy atom. The van der Waals surface area contributed by atoms with E-state index in [0.717, 1.165) is 64.0 Å². The number of aliphatic carboxylic acids is 1. The second-order valence-corrected chi connectivity index (χ2v) is 10.5. The Kier molecular flexibility index (Phi) is 11.6. The number of halogens is 3. The number of alkyl halides is 3. The smallest absolute Gasteiger partial charge is 0.394 e. The van der Waals surface area contributed by atoms with E-state index in [-0.39, 0.29) is 12.5 Å². The van der Waals surface area contributed by atoms with Gasteiger partial charge in [-0.1, -0.05) is 19.9 Å². The number of amides is 1. The Hall–Kier alpha value is -2.40. The third kappa shape index (κ3) is 10.1. The minimum atomic E-state index is -4.57. The van der Waals surface area contributed by atoms with Crippen LogP contribution in [-0.4, -0.2) is 78.5 Å². The lowest BCUT2D eigenvalue weighted by Gasteiger charge is -2.29. The number of nitrogens with zero attached hydrogens (tertiary/aromatic N) is 2. The van der Waals surface area contributed by atoms with Gasteiger partial charge in [0.25, 0.3) is 0 Å². The van der Waals surface area contributed by atoms with Gasteiger partial charge in [0, 0.05) is 38.9 Å². The van der Waals surface area contributed by atoms with Gasteiger partial charge in [-0.15, -0.1) is 0 Å². The molecule has 1 aliphatic heterocycles. The van der Waals surface area contributed by atoms with Crippen LogP contribution in [0.1, 0.15) is 64.1 Å². The molecule has 0 saturated carbocycles. The average Bonchev–Trinajstić information content (AvgIpc) is 2.82. The van der Waals surface area contributed by atoms with Crippen LogP contribution in [0.25, 0.3) is 0 Å². The summed E-state index contributed by atoms with van der Waals surface area (Å²) in [6.07, 6.45) is -0.686. The zero-order chi connectivity index (χ0) is 27.6. The summed E-state index contributed by atoms with van der Waals surface area (Å²) in [6, 6.07) is 2.92. The number of hydrogen-bond acceptors (Lipinski definition) is 6. The number of anilines is 1. The van der Waals surface area contributed by atoms with Gasteiger partial charge in [0.2, 0.25) is 5.91 Å². The van der Waals surface area contributed by atoms with E-state index in [2.05, 4.69) is 27.7 Å². The first-order valence-corrected chi connectivity index (χ1v) is 12.9. The number of hydrogen-bond donors (Lipinski definition) is 3. The van der Waals surface area contributed by atoms with Gasteiger partial charge in [0.1, 0.15) is 11.9 Å². The number of carbonyl (C=O) groups excluding carboxylic acids is 1. The van der Waals surface area contributed by atoms with Crippen molar-refractivity contribution in [2.75, 3.05) is 38.6 Å². The molecular formula is C26H41F3N4O4. The fraction of sp³-hybridized carbons (Fsp3) is 0.731. The summed E-state index contributed by atoms with van der Waals surface area (Å²) in [5, 5.41) is 15.2. The van der Waals surface area contributed by atoms with Gasteiger partial charge in [-0.05, 0) is 63.6 Å². The molecule has 210 valence electrons. The van der Waals surface area contributed by atoms with Gasteiger partial charge in [0.15, 0.2) is 0 Å². The Morgan fingerprint density at radius 1 is 1.24 bits per heavy atom. The molecule has 2 unspecified atom stereocenters. The molecule has 2 heterocycles. The Labute approximate surface area is 217 Å². The largest absolute Gasteiger partial charge is 0.480 e. The van der Waals surface area contributed by atoms with Gasteiger partial charge >= 0.3 is 12.1 Å². The molecule has 1 aromatic heterocycles. The molecule has 0 spiro atoms. The van der Waals surface area contributed by atoms with Crippen molar-refractivity contribution in [1.29, 1.82) is 0 Å². The van der Waals surface area contributed by atoms with Gasteiger partial charge in [-0.25, -0.2) is 9.78 Å². The monoisotopic (exact) mass is 530 g/mol. The predicted molar refractivity (Wildman–Crippen MR) is 136 cm³/mol. The van der Waals surface area contributed by atoms with Gasteiger partial charge in [-0.2, -0.15) is 13.2 Å². The number of nitrogens with one attached hydrogen (secondary N) is 2. The number of aryl methyl sites for hydroxylation is 2. The first kappa shape index (κ1) is 30.8. The molecule has 0 aliphatic carbocycles. The highest BCUT2D eigenvalue weighted by molar-refractivity contribution is 5.83. The van der Waals surface area contributed by atoms with Gasteiger partial charge in [0.05, 0.1) is 11.5 Å². The molecule has 0 bridgehead atoms. The standard InChI is InChI=1S/C26H41F3N4O4/c1-18(37-4)17-33(14-6-5-9-20-11-10-19-8-7-13-30-23(19)31-20)15-12-21(24(35)36)32-22(34)16-25(2,3)26(27,28)29/h10-11,18,21H,5-9,12-17H2,1-4H3,(H,30,31)(H,32,34)(H,35,36). The average molecular weight is 531 g/mol. The van der Waals surface area contributed by atoms with Crippen LogP contribution in [0.2, 0.25) is 0 Å². The van der Waals surface area contributed by atoms with E-state index in [4.69, 9.17) is 9.72 Å². The Morgan fingerprint density at radius 2 is 1.97 bits per heavy atom. The third-order valence-corrected chi connectivity index (χ3v) is 6.76. The highest BCUT2D eigenvalue weighted by Crippen LogP contribution is 2.40. The second-order valence-electron chi connectivity index (χ2n) is 10.5. The van der Waals surface area contributed by atoms with Crippen molar-refractivity contribution < 1.29 is 32.6 Å². The van der Waals surface area contributed by atoms with Crippen LogP contribution in [0.4, 0.5) is 19.0 Å². The SMILES string of the molecule is COC(C)CN(CCCCc1ccc2c(n1)NCCC2)CCC(NC(=O)CC(C)(C)C(F)(F)F)C(=O)O. The van der Waals surface area contributed by atoms with Crippen LogP contribution in [0, 0.1) is 5.41 Å². The lowest BCUT2D eigenvalue weighted by Crippen LogP contribution is -2.46. The zero-order valence-electron chi connectivity index (χ0n) is 22.3. The van der Waals surface area contributed by atoms with E-state index >= 15 is 0 Å². The molecule has 2 atom stereocenters. The number of carboxylic acids is 1. The molecule has 3 N–H and O–H groups in total. The number of aromatic nitrogens is 1. The molecule has 37 heavy (non-hydrogen) atoms. The van der Waals surface area contributed by atoms with Crippen molar-refractivity contribution in [2.45, 2.75) is 84.0 Å². The van der Waals surface area contributed by atoms with Crippen molar-refractivity contribution >= 4 is 17.7 Å². The van der Waals surface area contributed by atoms with Crippen LogP contribution in [0.15, 0.2) is 12.1 Å². The minimum Gasteiger partial charge on any atom is -0.480 e. The summed E-state index contributed by atoms with van der Waals surface area (Å²) in [7, 11) is 1.60. The van der Waals surface area contributed by atoms with E-state index in [1.807, 2.05) is 6.92 Å². The Bertz CT molecular complexity index is 895. The second kappa shape index (κ2) is 13.9. The quantitative estimate of drug-likeness (QED) is 0.294. The van der Waals surface area contributed by atoms with Gasteiger partial charge < -0.3 is 25.4 Å². The molecule has 0 aromatic carbocycles. The molecule has 1 aliphatic rings. The molecular weight excluding hydrogens is 489 g/mol. The van der Waals surface area contributed by atoms with Gasteiger partial charge in [-0.3, -0.25) is 4.79 Å². The van der Waals surface area contributed by atoms with Crippen molar-refractivity contribution in [3.05, 3.63) is 23.4 Å². The number of rotatable bonds is 15. The number of ether oxygens (including phenoxy) is 1. The molecule has 0 radical (unpaired) electrons. The van der Waals surface area contributed by atoms with Crippen LogP contribution in [0.5, 0.6) is 0 Å². The number of carboxylic acid groups (broad SMARTS) is 1. The first-order chi connectivity index (χ1) is 17.3. The molecule has 0 fully saturated rings. The number of carbonyl (C=O) groups is 2. The summed E-state index contributed by atoms with van der Waals surface area (Å²) in [5.74, 6) is -1.23. The topological polar surface area (TPSA) is 104 Å². The summed E-state index contributed by atoms with van der Waals surface area (Å²) in [5.41, 5.74) is 0.0282. The molecule has 0 saturated heterocycles. The van der Waals surface area contributed by atoms with Crippen molar-refractivity contribution in [3.63, 3.8) is 0 Å². The Balaban J connectivity index is 1.88. The number of pyridine rings is 1. The van der Waals surface area contributed by atoms with E-state index in [9.17, 15) is 27.9 Å². The molecule has 1 amide bonds. The first-order valence-electron chi connectivity index (χ1n) is 12.9. The fourth-order valence-corrected chi connectivity index (χ4v) is 4.20. The molecule has 1 aromatic rings. The maximum atomic E-state index is 13.1. The van der Waals surface area contributed by atoms with Crippen LogP contribution < -0.4 is 10.6 Å². The third-order valence-electron chi connectivity index (χ3n) is 6.76. The maximum absolute atomic E-state index is 13.1. The number of methoxy groups -OCH3 is 1. The molecule has 8 nitrogen and oxygen atoms in total. The van der Waals surface area contributed by atoms with E-state index in [1.54, 1.807) is 7.11 Å². The highest BCUT2D eigenvalue weighted by Gasteiger charge is 2.48. The van der Waals surface area contributed by atoms with Crippen LogP contribution in [-0.2, 0) is 27.2 Å². The molecule has 2 rings (SSSR count).